The van der Waals surface area contributed by atoms with E-state index in [9.17, 15) is 4.79 Å². The van der Waals surface area contributed by atoms with Gasteiger partial charge in [0.05, 0.1) is 55.0 Å². The normalized spacial score (nSPS) is 25.7. The maximum absolute atomic E-state index is 14.4. The van der Waals surface area contributed by atoms with Gasteiger partial charge < -0.3 is 27.6 Å². The van der Waals surface area contributed by atoms with Gasteiger partial charge in [-0.2, -0.15) is 0 Å². The molecule has 0 aromatic carbocycles. The third-order valence-electron chi connectivity index (χ3n) is 10.2. The zero-order valence-electron chi connectivity index (χ0n) is 38.2. The third-order valence-corrected chi connectivity index (χ3v) is 191. The van der Waals surface area contributed by atoms with Crippen LogP contribution < -0.4 is 0 Å². The van der Waals surface area contributed by atoms with E-state index in [0.717, 1.165) is 20.0 Å². The Morgan fingerprint density at radius 1 is 0.735 bits per heavy atom. The van der Waals surface area contributed by atoms with Gasteiger partial charge in [-0.3, -0.25) is 0 Å². The molecule has 35 atom stereocenters. The first-order valence-corrected chi connectivity index (χ1v) is 86.9. The molecule has 2 aliphatic rings. The summed E-state index contributed by atoms with van der Waals surface area (Å²) in [5.41, 5.74) is 0.479. The number of cyclic esters (lactones) is 2. The summed E-state index contributed by atoms with van der Waals surface area (Å²) in [6.45, 7) is 11.0. The molecule has 0 saturated carbocycles. The molecule has 46 heteroatoms. The van der Waals surface area contributed by atoms with Crippen molar-refractivity contribution in [3.8, 4) is 0 Å². The van der Waals surface area contributed by atoms with Crippen molar-refractivity contribution >= 4 is 323 Å². The number of carbonyl (C=O) groups is 1. The topological polar surface area (TPSA) is 72.5 Å². The van der Waals surface area contributed by atoms with Gasteiger partial charge in [0.15, 0.2) is 11.7 Å². The van der Waals surface area contributed by atoms with Gasteiger partial charge in [0.1, 0.15) is 0 Å². The van der Waals surface area contributed by atoms with Gasteiger partial charge in [0.25, 0.3) is 0 Å². The summed E-state index contributed by atoms with van der Waals surface area (Å²) in [7, 11) is 62.5. The van der Waals surface area contributed by atoms with E-state index >= 15 is 0 Å². The quantitative estimate of drug-likeness (QED) is 0.0307. The largest absolute Gasteiger partial charge is 0.509 e. The van der Waals surface area contributed by atoms with Crippen LogP contribution in [0.3, 0.4) is 0 Å². The minimum Gasteiger partial charge on any atom is -0.426 e. The Morgan fingerprint density at radius 3 is 1.68 bits per heavy atom. The summed E-state index contributed by atoms with van der Waals surface area (Å²) in [4.78, 5) is 14.4. The molecular weight excluding hydrogens is 1580 g/mol. The standard InChI is InChI=1S/C22H75O7P39/c1-12-11-21(5,6)16(10-17(12)28-55(66(50)61(41)42)68(63(45)46)64(47)48)19-22(26-20(23)25-19,13(2)8-7-9-24-52(56(31)32)57(33)34)14(3)18(29-53(58(35)36)65(49)60(39)40)15(4)27-54(59(37)38)67(51-30)62(43)44/h11,14-19,51H,2,7-10,30-50H2,1,3-6H3/t14-,15-,16?,17+,18-,19-,22?,53?,54?,55?,65?,66?,67?/m1/s1. The third kappa shape index (κ3) is 24.5. The molecule has 1 saturated heterocycles. The van der Waals surface area contributed by atoms with Crippen LogP contribution in [0.15, 0.2) is 23.8 Å². The van der Waals surface area contributed by atoms with E-state index in [1.54, 1.807) is 0 Å². The highest BCUT2D eigenvalue weighted by atomic mass is 33.2. The first-order chi connectivity index (χ1) is 31.3. The van der Waals surface area contributed by atoms with Crippen LogP contribution in [0.4, 0.5) is 4.79 Å². The van der Waals surface area contributed by atoms with Crippen LogP contribution in [-0.2, 0) is 27.6 Å². The lowest BCUT2D eigenvalue weighted by Crippen LogP contribution is -2.58. The number of rotatable bonds is 30. The Labute approximate surface area is 481 Å². The van der Waals surface area contributed by atoms with Crippen molar-refractivity contribution in [1.82, 2.24) is 0 Å². The summed E-state index contributed by atoms with van der Waals surface area (Å²) < 4.78 is 43.1. The second-order valence-electron chi connectivity index (χ2n) is 15.3. The molecule has 0 radical (unpaired) electrons. The van der Waals surface area contributed by atoms with Crippen molar-refractivity contribution in [2.24, 2.45) is 17.3 Å². The lowest BCUT2D eigenvalue weighted by Gasteiger charge is -2.50. The SMILES string of the molecule is C=C(CCCOP(P(P)P)P(P)P)C1([C@H](C)[C@@H](OP(P(P)P)P(P)P(P)P)[C@@H](C)OP(P(P)P)P(PP)P(P)P)OC(=O)O[C@@H]1C1C[C@H](OP(P(P)P(P)P)P(P(P)P)P(P)P)C(C)=CC1(C)C. The summed E-state index contributed by atoms with van der Waals surface area (Å²) in [6, 6.07) is 0. The smallest absolute Gasteiger partial charge is 0.426 e. The zero-order chi connectivity index (χ0) is 52.5. The van der Waals surface area contributed by atoms with Gasteiger partial charge in [0, 0.05) is 39.8 Å². The molecule has 400 valence electrons. The van der Waals surface area contributed by atoms with Crippen LogP contribution in [0.5, 0.6) is 0 Å². The van der Waals surface area contributed by atoms with E-state index < -0.39 is 123 Å². The van der Waals surface area contributed by atoms with Crippen LogP contribution in [0.2, 0.25) is 0 Å². The van der Waals surface area contributed by atoms with Gasteiger partial charge >= 0.3 is 6.16 Å². The number of hydrogen-bond donors (Lipinski definition) is 0. The summed E-state index contributed by atoms with van der Waals surface area (Å²) in [5, 5.41) is 0. The van der Waals surface area contributed by atoms with Gasteiger partial charge in [-0.25, -0.2) is 4.79 Å². The lowest BCUT2D eigenvalue weighted by molar-refractivity contribution is -0.0880. The van der Waals surface area contributed by atoms with E-state index in [-0.39, 0.29) is 51.5 Å². The summed E-state index contributed by atoms with van der Waals surface area (Å²) in [5.74, 6) is -0.550. The van der Waals surface area contributed by atoms with Crippen LogP contribution in [0.1, 0.15) is 53.9 Å². The maximum Gasteiger partial charge on any atom is 0.509 e. The molecule has 0 N–H and O–H groups in total. The molecule has 30 unspecified atom stereocenters. The van der Waals surface area contributed by atoms with E-state index in [1.807, 2.05) is 0 Å². The molecule has 2 rings (SSSR count). The fourth-order valence-electron chi connectivity index (χ4n) is 7.28. The van der Waals surface area contributed by atoms with E-state index in [4.69, 9.17) is 34.1 Å². The highest BCUT2D eigenvalue weighted by molar-refractivity contribution is 9.19. The average Bonchev–Trinajstić information content (AvgIpc) is 3.56. The Bertz CT molecular complexity index is 1560. The molecule has 7 nitrogen and oxygen atoms in total. The first-order valence-electron chi connectivity index (χ1n) is 19.2. The molecule has 1 aliphatic heterocycles. The molecule has 0 bridgehead atoms. The van der Waals surface area contributed by atoms with Crippen molar-refractivity contribution in [2.45, 2.75) is 83.9 Å². The lowest BCUT2D eigenvalue weighted by atomic mass is 9.60. The highest BCUT2D eigenvalue weighted by Crippen LogP contribution is 3.18. The maximum atomic E-state index is 14.4. The van der Waals surface area contributed by atoms with Gasteiger partial charge in [-0.15, -0.1) is 170 Å². The predicted molar refractivity (Wildman–Crippen MR) is 433 cm³/mol. The number of allylic oxidation sites excluding steroid dienone is 1. The van der Waals surface area contributed by atoms with Crippen LogP contribution in [0.25, 0.3) is 0 Å². The number of hydrogen-bond acceptors (Lipinski definition) is 7. The van der Waals surface area contributed by atoms with E-state index in [2.05, 4.69) is 228 Å². The van der Waals surface area contributed by atoms with Crippen LogP contribution >= 0.6 is 316 Å². The number of carbonyl (C=O) groups excluding carboxylic acids is 1. The van der Waals surface area contributed by atoms with Crippen molar-refractivity contribution in [1.29, 1.82) is 0 Å². The molecule has 0 aromatic rings. The Morgan fingerprint density at radius 2 is 1.24 bits per heavy atom. The Balaban J connectivity index is 3.00. The predicted octanol–water partition coefficient (Wildman–Crippen LogP) is 26.4. The van der Waals surface area contributed by atoms with Gasteiger partial charge in [-0.05, 0) is 113 Å². The molecule has 0 aromatic heterocycles. The van der Waals surface area contributed by atoms with Crippen LogP contribution in [0, 0.1) is 17.3 Å². The van der Waals surface area contributed by atoms with Crippen molar-refractivity contribution in [2.75, 3.05) is 6.61 Å². The fraction of sp³-hybridized carbons (Fsp3) is 0.773. The Kier molecular flexibility index (Phi) is 46.2. The van der Waals surface area contributed by atoms with Gasteiger partial charge in [0.2, 0.25) is 0 Å². The Hall–Kier alpha value is 15.4. The first kappa shape index (κ1) is 79.5. The molecular formula is C22H75O7P39. The molecule has 0 spiro atoms. The van der Waals surface area contributed by atoms with E-state index in [1.165, 1.54) is 5.57 Å². The van der Waals surface area contributed by atoms with Gasteiger partial charge in [-0.1, -0.05) is 59.2 Å². The molecule has 68 heavy (non-hydrogen) atoms. The summed E-state index contributed by atoms with van der Waals surface area (Å²) >= 11 is 0. The minimum absolute atomic E-state index is 0.137. The molecule has 1 heterocycles. The highest BCUT2D eigenvalue weighted by Gasteiger charge is 2.64. The molecule has 1 aliphatic carbocycles. The minimum atomic E-state index is -1.24. The second-order valence-corrected chi connectivity index (χ2v) is 154. The van der Waals surface area contributed by atoms with Crippen LogP contribution in [-0.4, -0.2) is 42.8 Å². The molecule has 0 amide bonds. The summed E-state index contributed by atoms with van der Waals surface area (Å²) in [6.07, 6.45) is 2.22. The fourth-order valence-corrected chi connectivity index (χ4v) is 247. The number of ether oxygens (including phenoxy) is 2. The zero-order valence-corrected chi connectivity index (χ0v) is 78.6. The van der Waals surface area contributed by atoms with Crippen molar-refractivity contribution in [3.63, 3.8) is 0 Å². The molecule has 1 fully saturated rings. The average molecular weight is 1660 g/mol. The monoisotopic (exact) mass is 1660 g/mol. The second kappa shape index (κ2) is 39.6. The van der Waals surface area contributed by atoms with Crippen molar-refractivity contribution in [3.05, 3.63) is 23.8 Å². The van der Waals surface area contributed by atoms with Crippen molar-refractivity contribution < 1.29 is 32.4 Å². The van der Waals surface area contributed by atoms with E-state index in [0.29, 0.717) is 19.4 Å².